The number of hydrogen-bond acceptors (Lipinski definition) is 6. The standard InChI is InChI=1S/C23H21ClN4O2S2/c1-27(14-18-6-5-13-31-18)21(29)15-32-23-26-25-22(19-7-3-4-8-20(19)24)28(23)16-9-11-17(30-2)12-10-16/h3-13H,14-15H2,1-2H3. The van der Waals surface area contributed by atoms with E-state index in [4.69, 9.17) is 16.3 Å². The Morgan fingerprint density at radius 3 is 2.59 bits per heavy atom. The number of carbonyl (C=O) groups is 1. The quantitative estimate of drug-likeness (QED) is 0.313. The molecule has 0 radical (unpaired) electrons. The summed E-state index contributed by atoms with van der Waals surface area (Å²) in [4.78, 5) is 15.6. The Kier molecular flexibility index (Phi) is 7.14. The van der Waals surface area contributed by atoms with Crippen LogP contribution in [0.3, 0.4) is 0 Å². The highest BCUT2D eigenvalue weighted by Crippen LogP contribution is 2.32. The zero-order valence-electron chi connectivity index (χ0n) is 17.6. The van der Waals surface area contributed by atoms with E-state index < -0.39 is 0 Å². The number of halogens is 1. The van der Waals surface area contributed by atoms with Crippen LogP contribution >= 0.6 is 34.7 Å². The molecule has 1 amide bonds. The number of ether oxygens (including phenoxy) is 1. The zero-order valence-corrected chi connectivity index (χ0v) is 20.0. The van der Waals surface area contributed by atoms with Gasteiger partial charge >= 0.3 is 0 Å². The van der Waals surface area contributed by atoms with Gasteiger partial charge in [-0.1, -0.05) is 41.6 Å². The number of thioether (sulfide) groups is 1. The normalized spacial score (nSPS) is 10.8. The van der Waals surface area contributed by atoms with Gasteiger partial charge in [0.15, 0.2) is 11.0 Å². The van der Waals surface area contributed by atoms with Gasteiger partial charge in [-0.2, -0.15) is 0 Å². The Bertz CT molecular complexity index is 1190. The second kappa shape index (κ2) is 10.2. The SMILES string of the molecule is COc1ccc(-n2c(SCC(=O)N(C)Cc3cccs3)nnc2-c2ccccc2Cl)cc1. The van der Waals surface area contributed by atoms with Crippen LogP contribution in [0.1, 0.15) is 4.88 Å². The highest BCUT2D eigenvalue weighted by atomic mass is 35.5. The van der Waals surface area contributed by atoms with Crippen molar-refractivity contribution in [2.45, 2.75) is 11.7 Å². The number of nitrogens with zero attached hydrogens (tertiary/aromatic N) is 4. The topological polar surface area (TPSA) is 60.2 Å². The van der Waals surface area contributed by atoms with Gasteiger partial charge in [0, 0.05) is 23.2 Å². The highest BCUT2D eigenvalue weighted by molar-refractivity contribution is 7.99. The Labute approximate surface area is 199 Å². The summed E-state index contributed by atoms with van der Waals surface area (Å²) in [5.41, 5.74) is 1.62. The number of amides is 1. The summed E-state index contributed by atoms with van der Waals surface area (Å²) in [5, 5.41) is 12.0. The number of benzene rings is 2. The molecule has 0 aliphatic carbocycles. The second-order valence-corrected chi connectivity index (χ2v) is 9.32. The van der Waals surface area contributed by atoms with Gasteiger partial charge in [0.2, 0.25) is 5.91 Å². The van der Waals surface area contributed by atoms with Crippen molar-refractivity contribution in [3.8, 4) is 22.8 Å². The van der Waals surface area contributed by atoms with Gasteiger partial charge in [-0.3, -0.25) is 9.36 Å². The van der Waals surface area contributed by atoms with Crippen molar-refractivity contribution < 1.29 is 9.53 Å². The Morgan fingerprint density at radius 1 is 1.12 bits per heavy atom. The van der Waals surface area contributed by atoms with E-state index in [9.17, 15) is 4.79 Å². The lowest BCUT2D eigenvalue weighted by molar-refractivity contribution is -0.127. The minimum Gasteiger partial charge on any atom is -0.497 e. The van der Waals surface area contributed by atoms with Crippen molar-refractivity contribution in [1.29, 1.82) is 0 Å². The molecule has 164 valence electrons. The first-order valence-corrected chi connectivity index (χ1v) is 12.0. The molecule has 4 rings (SSSR count). The molecule has 2 heterocycles. The van der Waals surface area contributed by atoms with Gasteiger partial charge in [-0.25, -0.2) is 0 Å². The Balaban J connectivity index is 1.61. The number of rotatable bonds is 8. The molecule has 6 nitrogen and oxygen atoms in total. The van der Waals surface area contributed by atoms with E-state index in [2.05, 4.69) is 10.2 Å². The van der Waals surface area contributed by atoms with E-state index in [1.54, 1.807) is 23.3 Å². The number of hydrogen-bond donors (Lipinski definition) is 0. The maximum absolute atomic E-state index is 12.7. The Hall–Kier alpha value is -2.81. The van der Waals surface area contributed by atoms with Gasteiger partial charge in [0.05, 0.1) is 24.4 Å². The molecule has 0 unspecified atom stereocenters. The van der Waals surface area contributed by atoms with Crippen molar-refractivity contribution in [3.63, 3.8) is 0 Å². The predicted octanol–water partition coefficient (Wildman–Crippen LogP) is 5.41. The summed E-state index contributed by atoms with van der Waals surface area (Å²) in [5.74, 6) is 1.63. The summed E-state index contributed by atoms with van der Waals surface area (Å²) in [6.07, 6.45) is 0. The monoisotopic (exact) mass is 484 g/mol. The molecule has 0 bridgehead atoms. The third kappa shape index (κ3) is 4.98. The molecule has 2 aromatic heterocycles. The molecular formula is C23H21ClN4O2S2. The van der Waals surface area contributed by atoms with Gasteiger partial charge in [-0.15, -0.1) is 21.5 Å². The maximum Gasteiger partial charge on any atom is 0.233 e. The van der Waals surface area contributed by atoms with E-state index in [0.29, 0.717) is 22.5 Å². The van der Waals surface area contributed by atoms with Crippen LogP contribution in [-0.4, -0.2) is 45.5 Å². The molecule has 4 aromatic rings. The van der Waals surface area contributed by atoms with Crippen molar-refractivity contribution in [2.75, 3.05) is 19.9 Å². The molecule has 0 fully saturated rings. The number of methoxy groups -OCH3 is 1. The largest absolute Gasteiger partial charge is 0.497 e. The first-order valence-electron chi connectivity index (χ1n) is 9.80. The van der Waals surface area contributed by atoms with Crippen LogP contribution in [0.4, 0.5) is 0 Å². The van der Waals surface area contributed by atoms with Crippen LogP contribution in [0.2, 0.25) is 5.02 Å². The van der Waals surface area contributed by atoms with Gasteiger partial charge < -0.3 is 9.64 Å². The zero-order chi connectivity index (χ0) is 22.5. The van der Waals surface area contributed by atoms with Gasteiger partial charge in [0.25, 0.3) is 0 Å². The van der Waals surface area contributed by atoms with Crippen LogP contribution in [0.5, 0.6) is 5.75 Å². The molecule has 9 heteroatoms. The van der Waals surface area contributed by atoms with Crippen molar-refractivity contribution in [2.24, 2.45) is 0 Å². The van der Waals surface area contributed by atoms with Crippen molar-refractivity contribution in [1.82, 2.24) is 19.7 Å². The predicted molar refractivity (Wildman–Crippen MR) is 130 cm³/mol. The summed E-state index contributed by atoms with van der Waals surface area (Å²) in [6.45, 7) is 0.590. The molecule has 32 heavy (non-hydrogen) atoms. The summed E-state index contributed by atoms with van der Waals surface area (Å²) in [7, 11) is 3.44. The molecule has 0 aliphatic rings. The minimum absolute atomic E-state index is 0.0203. The molecule has 0 spiro atoms. The maximum atomic E-state index is 12.7. The van der Waals surface area contributed by atoms with Gasteiger partial charge in [-0.05, 0) is 47.8 Å². The number of aromatic nitrogens is 3. The van der Waals surface area contributed by atoms with E-state index in [1.807, 2.05) is 77.7 Å². The summed E-state index contributed by atoms with van der Waals surface area (Å²) in [6, 6.07) is 19.1. The summed E-state index contributed by atoms with van der Waals surface area (Å²) < 4.78 is 7.20. The van der Waals surface area contributed by atoms with Crippen LogP contribution in [0, 0.1) is 0 Å². The first-order chi connectivity index (χ1) is 15.6. The third-order valence-corrected chi connectivity index (χ3v) is 6.91. The fraction of sp³-hybridized carbons (Fsp3) is 0.174. The van der Waals surface area contributed by atoms with E-state index in [0.717, 1.165) is 21.9 Å². The van der Waals surface area contributed by atoms with E-state index in [-0.39, 0.29) is 11.7 Å². The molecule has 0 N–H and O–H groups in total. The molecule has 2 aromatic carbocycles. The molecular weight excluding hydrogens is 464 g/mol. The average Bonchev–Trinajstić information content (AvgIpc) is 3.47. The lowest BCUT2D eigenvalue weighted by Gasteiger charge is -2.16. The lowest BCUT2D eigenvalue weighted by atomic mass is 10.2. The van der Waals surface area contributed by atoms with E-state index >= 15 is 0 Å². The lowest BCUT2D eigenvalue weighted by Crippen LogP contribution is -2.27. The smallest absolute Gasteiger partial charge is 0.233 e. The van der Waals surface area contributed by atoms with Gasteiger partial charge in [0.1, 0.15) is 5.75 Å². The number of carbonyl (C=O) groups excluding carboxylic acids is 1. The van der Waals surface area contributed by atoms with Crippen LogP contribution in [0.25, 0.3) is 17.1 Å². The molecule has 0 saturated carbocycles. The third-order valence-electron chi connectivity index (χ3n) is 4.80. The molecule has 0 atom stereocenters. The van der Waals surface area contributed by atoms with Crippen molar-refractivity contribution in [3.05, 3.63) is 75.9 Å². The Morgan fingerprint density at radius 2 is 1.91 bits per heavy atom. The number of thiophene rings is 1. The summed E-state index contributed by atoms with van der Waals surface area (Å²) >= 11 is 9.43. The second-order valence-electron chi connectivity index (χ2n) is 6.94. The van der Waals surface area contributed by atoms with E-state index in [1.165, 1.54) is 11.8 Å². The highest BCUT2D eigenvalue weighted by Gasteiger charge is 2.20. The van der Waals surface area contributed by atoms with Crippen molar-refractivity contribution >= 4 is 40.6 Å². The van der Waals surface area contributed by atoms with Crippen LogP contribution in [0.15, 0.2) is 71.2 Å². The average molecular weight is 485 g/mol. The fourth-order valence-corrected chi connectivity index (χ4v) is 4.98. The van der Waals surface area contributed by atoms with Crippen LogP contribution < -0.4 is 4.74 Å². The molecule has 0 saturated heterocycles. The first kappa shape index (κ1) is 22.4. The fourth-order valence-electron chi connectivity index (χ4n) is 3.11. The molecule has 0 aliphatic heterocycles. The minimum atomic E-state index is 0.0203. The van der Waals surface area contributed by atoms with Crippen LogP contribution in [-0.2, 0) is 11.3 Å².